The van der Waals surface area contributed by atoms with Gasteiger partial charge in [-0.25, -0.2) is 0 Å². The summed E-state index contributed by atoms with van der Waals surface area (Å²) < 4.78 is 10.2. The maximum absolute atomic E-state index is 11.8. The van der Waals surface area contributed by atoms with E-state index in [0.717, 1.165) is 6.08 Å². The molecule has 2 unspecified atom stereocenters. The summed E-state index contributed by atoms with van der Waals surface area (Å²) in [6, 6.07) is 9.24. The molecule has 0 fully saturated rings. The van der Waals surface area contributed by atoms with Crippen LogP contribution in [0.3, 0.4) is 0 Å². The average Bonchev–Trinajstić information content (AvgIpc) is 2.47. The number of hydrogen-bond donors (Lipinski definition) is 0. The second-order valence-electron chi connectivity index (χ2n) is 4.93. The van der Waals surface area contributed by atoms with Gasteiger partial charge in [-0.15, -0.1) is 5.76 Å². The van der Waals surface area contributed by atoms with Gasteiger partial charge < -0.3 is 14.6 Å². The Bertz CT molecular complexity index is 541. The van der Waals surface area contributed by atoms with Crippen LogP contribution < -0.4 is 39.4 Å². The first kappa shape index (κ1) is 18.7. The van der Waals surface area contributed by atoms with Gasteiger partial charge in [0.1, 0.15) is 5.75 Å². The van der Waals surface area contributed by atoms with E-state index < -0.39 is 17.6 Å². The average molecular weight is 312 g/mol. The summed E-state index contributed by atoms with van der Waals surface area (Å²) in [5.74, 6) is -1.86. The zero-order chi connectivity index (χ0) is 15.2. The van der Waals surface area contributed by atoms with E-state index >= 15 is 0 Å². The van der Waals surface area contributed by atoms with Crippen LogP contribution in [0.25, 0.3) is 0 Å². The quantitative estimate of drug-likeness (QED) is 0.468. The van der Waals surface area contributed by atoms with Crippen molar-refractivity contribution in [2.45, 2.75) is 12.8 Å². The van der Waals surface area contributed by atoms with Crippen molar-refractivity contribution in [2.24, 2.45) is 11.8 Å². The summed E-state index contributed by atoms with van der Waals surface area (Å²) in [5, 5.41) is 11.8. The number of rotatable bonds is 5. The molecule has 5 nitrogen and oxygen atoms in total. The molecule has 0 bridgehead atoms. The van der Waals surface area contributed by atoms with E-state index in [9.17, 15) is 14.7 Å². The molecule has 2 atom stereocenters. The van der Waals surface area contributed by atoms with Gasteiger partial charge in [0.05, 0.1) is 19.6 Å². The largest absolute Gasteiger partial charge is 1.00 e. The SMILES string of the molecule is COC(=O)C1C([O-])=CC(=O)CC1CCOc1ccccc1.[Na+]. The van der Waals surface area contributed by atoms with Crippen LogP contribution >= 0.6 is 0 Å². The first-order valence-corrected chi connectivity index (χ1v) is 6.79. The first-order valence-electron chi connectivity index (χ1n) is 6.79. The standard InChI is InChI=1S/C16H18O5.Na/c1-20-16(19)15-11(9-12(17)10-14(15)18)7-8-21-13-5-3-2-4-6-13;/h2-6,10-11,15,18H,7-9H2,1H3;/q;+1/p-1. The van der Waals surface area contributed by atoms with Crippen LogP contribution in [0.5, 0.6) is 5.75 Å². The Morgan fingerprint density at radius 2 is 2.00 bits per heavy atom. The number of ketones is 1. The molecule has 2 rings (SSSR count). The number of esters is 1. The molecule has 0 spiro atoms. The van der Waals surface area contributed by atoms with Crippen molar-refractivity contribution in [1.82, 2.24) is 0 Å². The zero-order valence-electron chi connectivity index (χ0n) is 12.8. The summed E-state index contributed by atoms with van der Waals surface area (Å²) in [6.07, 6.45) is 1.61. The molecular formula is C16H17NaO5. The van der Waals surface area contributed by atoms with Crippen molar-refractivity contribution in [3.8, 4) is 5.75 Å². The van der Waals surface area contributed by atoms with Crippen LogP contribution in [0.2, 0.25) is 0 Å². The van der Waals surface area contributed by atoms with E-state index in [0.29, 0.717) is 18.8 Å². The molecule has 0 saturated carbocycles. The Morgan fingerprint density at radius 3 is 2.64 bits per heavy atom. The van der Waals surface area contributed by atoms with Crippen molar-refractivity contribution >= 4 is 11.8 Å². The van der Waals surface area contributed by atoms with Gasteiger partial charge in [0.15, 0.2) is 5.78 Å². The first-order chi connectivity index (χ1) is 10.1. The Balaban J connectivity index is 0.00000242. The van der Waals surface area contributed by atoms with Crippen molar-refractivity contribution in [2.75, 3.05) is 13.7 Å². The molecule has 112 valence electrons. The molecule has 0 aromatic heterocycles. The number of benzene rings is 1. The predicted molar refractivity (Wildman–Crippen MR) is 73.3 cm³/mol. The fraction of sp³-hybridized carbons (Fsp3) is 0.375. The summed E-state index contributed by atoms with van der Waals surface area (Å²) in [4.78, 5) is 23.2. The van der Waals surface area contributed by atoms with Crippen LogP contribution in [0.15, 0.2) is 42.2 Å². The second kappa shape index (κ2) is 8.98. The van der Waals surface area contributed by atoms with Gasteiger partial charge in [-0.1, -0.05) is 18.2 Å². The molecule has 1 aromatic carbocycles. The van der Waals surface area contributed by atoms with Gasteiger partial charge in [-0.2, -0.15) is 0 Å². The molecule has 22 heavy (non-hydrogen) atoms. The third kappa shape index (κ3) is 4.87. The van der Waals surface area contributed by atoms with E-state index in [1.54, 1.807) is 0 Å². The maximum Gasteiger partial charge on any atom is 1.00 e. The molecule has 0 saturated heterocycles. The van der Waals surface area contributed by atoms with Gasteiger partial charge >= 0.3 is 35.5 Å². The minimum atomic E-state index is -0.896. The Kier molecular flexibility index (Phi) is 7.65. The molecule has 0 heterocycles. The van der Waals surface area contributed by atoms with Crippen LogP contribution in [0.4, 0.5) is 0 Å². The number of carbonyl (C=O) groups excluding carboxylic acids is 2. The van der Waals surface area contributed by atoms with Gasteiger partial charge in [0, 0.05) is 6.42 Å². The molecule has 1 aliphatic rings. The summed E-state index contributed by atoms with van der Waals surface area (Å²) in [5.41, 5.74) is 0. The minimum Gasteiger partial charge on any atom is -0.875 e. The molecular weight excluding hydrogens is 295 g/mol. The Hall–Kier alpha value is -1.30. The number of para-hydroxylation sites is 1. The van der Waals surface area contributed by atoms with E-state index in [2.05, 4.69) is 4.74 Å². The molecule has 0 N–H and O–H groups in total. The predicted octanol–water partition coefficient (Wildman–Crippen LogP) is -1.92. The van der Waals surface area contributed by atoms with Gasteiger partial charge in [0.2, 0.25) is 0 Å². The fourth-order valence-electron chi connectivity index (χ4n) is 2.47. The monoisotopic (exact) mass is 312 g/mol. The van der Waals surface area contributed by atoms with Crippen molar-refractivity contribution < 1.29 is 53.7 Å². The van der Waals surface area contributed by atoms with Crippen LogP contribution in [0, 0.1) is 11.8 Å². The number of carbonyl (C=O) groups is 2. The van der Waals surface area contributed by atoms with Crippen molar-refractivity contribution in [1.29, 1.82) is 0 Å². The van der Waals surface area contributed by atoms with E-state index in [4.69, 9.17) is 4.74 Å². The fourth-order valence-corrected chi connectivity index (χ4v) is 2.47. The zero-order valence-corrected chi connectivity index (χ0v) is 14.8. The Morgan fingerprint density at radius 1 is 1.32 bits per heavy atom. The normalized spacial score (nSPS) is 20.6. The van der Waals surface area contributed by atoms with Crippen molar-refractivity contribution in [3.63, 3.8) is 0 Å². The Labute approximate surface area is 151 Å². The summed E-state index contributed by atoms with van der Waals surface area (Å²) in [7, 11) is 1.24. The van der Waals surface area contributed by atoms with E-state index in [1.165, 1.54) is 7.11 Å². The second-order valence-corrected chi connectivity index (χ2v) is 4.93. The smallest absolute Gasteiger partial charge is 0.875 e. The maximum atomic E-state index is 11.8. The molecule has 0 amide bonds. The molecule has 6 heteroatoms. The number of hydrogen-bond acceptors (Lipinski definition) is 5. The van der Waals surface area contributed by atoms with Gasteiger partial charge in [-0.3, -0.25) is 9.59 Å². The van der Waals surface area contributed by atoms with Crippen molar-refractivity contribution in [3.05, 3.63) is 42.2 Å². The van der Waals surface area contributed by atoms with E-state index in [-0.39, 0.29) is 47.7 Å². The molecule has 1 aliphatic carbocycles. The van der Waals surface area contributed by atoms with Gasteiger partial charge in [0.25, 0.3) is 0 Å². The van der Waals surface area contributed by atoms with Gasteiger partial charge in [-0.05, 0) is 30.5 Å². The molecule has 0 aliphatic heterocycles. The van der Waals surface area contributed by atoms with E-state index in [1.807, 2.05) is 30.3 Å². The number of ether oxygens (including phenoxy) is 2. The molecule has 0 radical (unpaired) electrons. The third-order valence-electron chi connectivity index (χ3n) is 3.50. The number of methoxy groups -OCH3 is 1. The minimum absolute atomic E-state index is 0. The van der Waals surface area contributed by atoms with Crippen LogP contribution in [-0.4, -0.2) is 25.5 Å². The summed E-state index contributed by atoms with van der Waals surface area (Å²) in [6.45, 7) is 0.336. The van der Waals surface area contributed by atoms with Crippen LogP contribution in [0.1, 0.15) is 12.8 Å². The molecule has 1 aromatic rings. The van der Waals surface area contributed by atoms with Crippen LogP contribution in [-0.2, 0) is 14.3 Å². The summed E-state index contributed by atoms with van der Waals surface area (Å²) >= 11 is 0. The topological polar surface area (TPSA) is 75.7 Å². The number of allylic oxidation sites excluding steroid dienone is 1. The third-order valence-corrected chi connectivity index (χ3v) is 3.50.